The van der Waals surface area contributed by atoms with Crippen LogP contribution in [-0.2, 0) is 9.84 Å². The molecule has 0 aliphatic rings. The van der Waals surface area contributed by atoms with Crippen molar-refractivity contribution >= 4 is 32.3 Å². The molecule has 0 N–H and O–H groups in total. The summed E-state index contributed by atoms with van der Waals surface area (Å²) >= 11 is 6.09. The van der Waals surface area contributed by atoms with Gasteiger partial charge in [0.2, 0.25) is 9.84 Å². The highest BCUT2D eigenvalue weighted by molar-refractivity contribution is 7.91. The summed E-state index contributed by atoms with van der Waals surface area (Å²) in [6.45, 7) is 0. The van der Waals surface area contributed by atoms with Gasteiger partial charge in [0.05, 0.1) is 32.6 Å². The fourth-order valence-electron chi connectivity index (χ4n) is 3.03. The summed E-state index contributed by atoms with van der Waals surface area (Å²) in [5.41, 5.74) is 1.20. The van der Waals surface area contributed by atoms with E-state index in [1.807, 2.05) is 6.07 Å². The number of rotatable bonds is 3. The van der Waals surface area contributed by atoms with Gasteiger partial charge in [-0.15, -0.1) is 0 Å². The van der Waals surface area contributed by atoms with E-state index < -0.39 is 15.7 Å². The van der Waals surface area contributed by atoms with Crippen molar-refractivity contribution in [3.8, 4) is 17.3 Å². The molecule has 1 aromatic heterocycles. The molecule has 4 aromatic rings. The van der Waals surface area contributed by atoms with Gasteiger partial charge in [-0.2, -0.15) is 5.26 Å². The van der Waals surface area contributed by atoms with E-state index >= 15 is 0 Å². The Kier molecular flexibility index (Phi) is 4.79. The number of pyridine rings is 1. The van der Waals surface area contributed by atoms with E-state index in [4.69, 9.17) is 16.9 Å². The summed E-state index contributed by atoms with van der Waals surface area (Å²) in [6, 6.07) is 19.8. The van der Waals surface area contributed by atoms with Crippen LogP contribution in [0.3, 0.4) is 0 Å². The van der Waals surface area contributed by atoms with E-state index in [-0.39, 0.29) is 21.0 Å². The second-order valence-electron chi connectivity index (χ2n) is 6.33. The van der Waals surface area contributed by atoms with Crippen molar-refractivity contribution in [2.75, 3.05) is 0 Å². The Hall–Kier alpha value is -3.27. The molecule has 4 nitrogen and oxygen atoms in total. The fraction of sp³-hybridized carbons (Fsp3) is 0. The average Bonchev–Trinajstić information content (AvgIpc) is 2.72. The van der Waals surface area contributed by atoms with Crippen molar-refractivity contribution in [3.05, 3.63) is 89.2 Å². The normalized spacial score (nSPS) is 11.3. The second-order valence-corrected chi connectivity index (χ2v) is 8.68. The predicted molar refractivity (Wildman–Crippen MR) is 109 cm³/mol. The Morgan fingerprint density at radius 1 is 0.966 bits per heavy atom. The van der Waals surface area contributed by atoms with Crippen LogP contribution in [0.5, 0.6) is 0 Å². The van der Waals surface area contributed by atoms with Gasteiger partial charge in [0, 0.05) is 22.0 Å². The van der Waals surface area contributed by atoms with Crippen molar-refractivity contribution < 1.29 is 12.8 Å². The number of sulfone groups is 1. The number of nitriles is 1. The van der Waals surface area contributed by atoms with Gasteiger partial charge in [0.15, 0.2) is 0 Å². The smallest absolute Gasteiger partial charge is 0.208 e. The topological polar surface area (TPSA) is 70.8 Å². The summed E-state index contributed by atoms with van der Waals surface area (Å²) < 4.78 is 40.6. The van der Waals surface area contributed by atoms with Crippen LogP contribution in [0, 0.1) is 17.1 Å². The lowest BCUT2D eigenvalue weighted by Crippen LogP contribution is -2.06. The minimum absolute atomic E-state index is 0.0249. The molecule has 0 unspecified atom stereocenters. The number of halogens is 2. The number of hydrogen-bond donors (Lipinski definition) is 0. The molecule has 29 heavy (non-hydrogen) atoms. The van der Waals surface area contributed by atoms with Crippen LogP contribution in [0.15, 0.2) is 82.6 Å². The number of hydrogen-bond acceptors (Lipinski definition) is 4. The van der Waals surface area contributed by atoms with E-state index in [1.54, 1.807) is 24.3 Å². The molecule has 0 atom stereocenters. The monoisotopic (exact) mass is 422 g/mol. The lowest BCUT2D eigenvalue weighted by Gasteiger charge is -2.13. The molecule has 142 valence electrons. The summed E-state index contributed by atoms with van der Waals surface area (Å²) in [5.74, 6) is -0.473. The van der Waals surface area contributed by atoms with E-state index in [2.05, 4.69) is 4.98 Å². The van der Waals surface area contributed by atoms with Crippen molar-refractivity contribution in [1.29, 1.82) is 5.26 Å². The zero-order valence-electron chi connectivity index (χ0n) is 14.8. The van der Waals surface area contributed by atoms with Gasteiger partial charge in [-0.3, -0.25) is 0 Å². The van der Waals surface area contributed by atoms with Gasteiger partial charge < -0.3 is 0 Å². The Labute approximate surface area is 171 Å². The molecule has 0 amide bonds. The van der Waals surface area contributed by atoms with Gasteiger partial charge in [-0.25, -0.2) is 17.8 Å². The van der Waals surface area contributed by atoms with E-state index in [0.29, 0.717) is 21.5 Å². The van der Waals surface area contributed by atoms with Crippen LogP contribution in [0.2, 0.25) is 5.02 Å². The number of nitrogens with zero attached hydrogens (tertiary/aromatic N) is 2. The Morgan fingerprint density at radius 2 is 1.76 bits per heavy atom. The number of fused-ring (bicyclic) bond motifs is 1. The molecule has 0 fully saturated rings. The maximum atomic E-state index is 13.7. The average molecular weight is 423 g/mol. The zero-order valence-corrected chi connectivity index (χ0v) is 16.4. The third-order valence-electron chi connectivity index (χ3n) is 4.41. The Morgan fingerprint density at radius 3 is 2.52 bits per heavy atom. The molecule has 0 aliphatic carbocycles. The molecular weight excluding hydrogens is 411 g/mol. The summed E-state index contributed by atoms with van der Waals surface area (Å²) in [7, 11) is -4.02. The molecule has 0 saturated heterocycles. The standard InChI is InChI=1S/C22H12ClFN2O2S/c23-17-5-2-4-16(10-17)22-21(11-15-7-8-18(24)12-20(15)26-22)29(27,28)19-6-1-3-14(9-19)13-25/h1-12H. The SMILES string of the molecule is N#Cc1cccc(S(=O)(=O)c2cc3ccc(F)cc3nc2-c2cccc(Cl)c2)c1. The Balaban J connectivity index is 2.05. The highest BCUT2D eigenvalue weighted by atomic mass is 35.5. The van der Waals surface area contributed by atoms with E-state index in [9.17, 15) is 12.8 Å². The molecule has 0 radical (unpaired) electrons. The molecule has 0 bridgehead atoms. The van der Waals surface area contributed by atoms with Crippen molar-refractivity contribution in [3.63, 3.8) is 0 Å². The number of benzene rings is 3. The largest absolute Gasteiger partial charge is 0.246 e. The molecular formula is C22H12ClFN2O2S. The van der Waals surface area contributed by atoms with E-state index in [0.717, 1.165) is 0 Å². The summed E-state index contributed by atoms with van der Waals surface area (Å²) in [6.07, 6.45) is 0. The maximum Gasteiger partial charge on any atom is 0.208 e. The fourth-order valence-corrected chi connectivity index (χ4v) is 4.71. The maximum absolute atomic E-state index is 13.7. The highest BCUT2D eigenvalue weighted by Crippen LogP contribution is 2.34. The van der Waals surface area contributed by atoms with Crippen LogP contribution in [0.4, 0.5) is 4.39 Å². The van der Waals surface area contributed by atoms with Gasteiger partial charge in [0.1, 0.15) is 5.82 Å². The molecule has 1 heterocycles. The molecule has 0 saturated carbocycles. The molecule has 3 aromatic carbocycles. The van der Waals surface area contributed by atoms with Crippen molar-refractivity contribution in [2.45, 2.75) is 9.79 Å². The van der Waals surface area contributed by atoms with Gasteiger partial charge in [0.25, 0.3) is 0 Å². The molecule has 0 spiro atoms. The quantitative estimate of drug-likeness (QED) is 0.443. The molecule has 0 aliphatic heterocycles. The zero-order chi connectivity index (χ0) is 20.6. The minimum atomic E-state index is -4.02. The molecule has 7 heteroatoms. The van der Waals surface area contributed by atoms with Crippen molar-refractivity contribution in [2.24, 2.45) is 0 Å². The first-order valence-corrected chi connectivity index (χ1v) is 10.4. The first-order chi connectivity index (χ1) is 13.9. The third-order valence-corrected chi connectivity index (χ3v) is 6.41. The van der Waals surface area contributed by atoms with Crippen LogP contribution < -0.4 is 0 Å². The third kappa shape index (κ3) is 3.58. The van der Waals surface area contributed by atoms with Crippen LogP contribution in [0.1, 0.15) is 5.56 Å². The van der Waals surface area contributed by atoms with E-state index in [1.165, 1.54) is 48.5 Å². The minimum Gasteiger partial charge on any atom is -0.246 e. The summed E-state index contributed by atoms with van der Waals surface area (Å²) in [4.78, 5) is 4.37. The lowest BCUT2D eigenvalue weighted by molar-refractivity contribution is 0.596. The molecule has 4 rings (SSSR count). The lowest BCUT2D eigenvalue weighted by atomic mass is 10.1. The van der Waals surface area contributed by atoms with Crippen LogP contribution in [-0.4, -0.2) is 13.4 Å². The second kappa shape index (κ2) is 7.28. The van der Waals surface area contributed by atoms with Gasteiger partial charge >= 0.3 is 0 Å². The first-order valence-electron chi connectivity index (χ1n) is 8.50. The highest BCUT2D eigenvalue weighted by Gasteiger charge is 2.24. The van der Waals surface area contributed by atoms with Gasteiger partial charge in [-0.1, -0.05) is 29.8 Å². The summed E-state index contributed by atoms with van der Waals surface area (Å²) in [5, 5.41) is 10.0. The predicted octanol–water partition coefficient (Wildman–Crippen LogP) is 5.40. The Bertz CT molecular complexity index is 1410. The first kappa shape index (κ1) is 19.1. The van der Waals surface area contributed by atoms with Gasteiger partial charge in [-0.05, 0) is 48.5 Å². The number of aromatic nitrogens is 1. The van der Waals surface area contributed by atoms with Crippen molar-refractivity contribution in [1.82, 2.24) is 4.98 Å². The van der Waals surface area contributed by atoms with Crippen LogP contribution >= 0.6 is 11.6 Å². The van der Waals surface area contributed by atoms with Crippen LogP contribution in [0.25, 0.3) is 22.2 Å².